The van der Waals surface area contributed by atoms with Gasteiger partial charge in [-0.05, 0) is 24.3 Å². The van der Waals surface area contributed by atoms with Crippen molar-refractivity contribution in [3.63, 3.8) is 0 Å². The number of aryl methyl sites for hydroxylation is 1. The highest BCUT2D eigenvalue weighted by Crippen LogP contribution is 2.19. The van der Waals surface area contributed by atoms with Gasteiger partial charge in [0.05, 0.1) is 5.56 Å². The van der Waals surface area contributed by atoms with Gasteiger partial charge < -0.3 is 5.73 Å². The van der Waals surface area contributed by atoms with Gasteiger partial charge in [-0.1, -0.05) is 58.3 Å². The molecule has 108 valence electrons. The number of nitrogens with two attached hydrogens (primary N) is 1. The fourth-order valence-electron chi connectivity index (χ4n) is 2.35. The van der Waals surface area contributed by atoms with Crippen molar-refractivity contribution in [3.05, 3.63) is 21.9 Å². The van der Waals surface area contributed by atoms with E-state index in [-0.39, 0.29) is 5.91 Å². The van der Waals surface area contributed by atoms with Crippen molar-refractivity contribution in [1.29, 1.82) is 0 Å². The van der Waals surface area contributed by atoms with Crippen LogP contribution in [-0.2, 0) is 6.42 Å². The highest BCUT2D eigenvalue weighted by Gasteiger charge is 2.08. The predicted octanol–water partition coefficient (Wildman–Crippen LogP) is 4.92. The summed E-state index contributed by atoms with van der Waals surface area (Å²) < 4.78 is 0. The van der Waals surface area contributed by atoms with Crippen molar-refractivity contribution in [3.8, 4) is 0 Å². The molecule has 0 saturated carbocycles. The van der Waals surface area contributed by atoms with Crippen LogP contribution >= 0.6 is 11.3 Å². The van der Waals surface area contributed by atoms with Crippen LogP contribution in [0.15, 0.2) is 11.4 Å². The van der Waals surface area contributed by atoms with E-state index in [1.807, 2.05) is 11.4 Å². The first-order chi connectivity index (χ1) is 9.25. The Labute approximate surface area is 121 Å². The molecule has 1 aromatic heterocycles. The summed E-state index contributed by atoms with van der Waals surface area (Å²) in [6.45, 7) is 2.25. The Balaban J connectivity index is 2.02. The van der Waals surface area contributed by atoms with Crippen LogP contribution in [0.1, 0.15) is 79.9 Å². The number of carbonyl (C=O) groups excluding carboxylic acids is 1. The number of primary amides is 1. The molecule has 19 heavy (non-hydrogen) atoms. The molecule has 0 aliphatic heterocycles. The first kappa shape index (κ1) is 16.2. The first-order valence-corrected chi connectivity index (χ1v) is 8.49. The summed E-state index contributed by atoms with van der Waals surface area (Å²) in [5.41, 5.74) is 6.06. The van der Waals surface area contributed by atoms with Crippen LogP contribution in [0.25, 0.3) is 0 Å². The first-order valence-electron chi connectivity index (χ1n) is 7.62. The van der Waals surface area contributed by atoms with E-state index >= 15 is 0 Å². The van der Waals surface area contributed by atoms with Crippen molar-refractivity contribution in [2.24, 2.45) is 5.73 Å². The lowest BCUT2D eigenvalue weighted by Gasteiger charge is -2.02. The van der Waals surface area contributed by atoms with E-state index in [1.165, 1.54) is 57.8 Å². The minimum Gasteiger partial charge on any atom is -0.366 e. The third kappa shape index (κ3) is 6.76. The second kappa shape index (κ2) is 10.0. The van der Waals surface area contributed by atoms with Crippen LogP contribution in [0.2, 0.25) is 0 Å². The quantitative estimate of drug-likeness (QED) is 0.575. The number of amides is 1. The lowest BCUT2D eigenvalue weighted by Crippen LogP contribution is -2.11. The standard InChI is InChI=1S/C16H27NOS/c1-2-3-4-5-6-7-8-9-10-11-15-14(16(17)18)12-13-19-15/h12-13H,2-11H2,1H3,(H2,17,18). The van der Waals surface area contributed by atoms with Crippen LogP contribution in [0.5, 0.6) is 0 Å². The molecule has 0 atom stereocenters. The van der Waals surface area contributed by atoms with E-state index in [0.29, 0.717) is 0 Å². The van der Waals surface area contributed by atoms with E-state index in [4.69, 9.17) is 5.73 Å². The van der Waals surface area contributed by atoms with Gasteiger partial charge in [0, 0.05) is 4.88 Å². The maximum Gasteiger partial charge on any atom is 0.249 e. The summed E-state index contributed by atoms with van der Waals surface area (Å²) in [6.07, 6.45) is 13.0. The maximum absolute atomic E-state index is 11.2. The van der Waals surface area contributed by atoms with Crippen molar-refractivity contribution in [1.82, 2.24) is 0 Å². The largest absolute Gasteiger partial charge is 0.366 e. The zero-order valence-electron chi connectivity index (χ0n) is 12.1. The van der Waals surface area contributed by atoms with Crippen LogP contribution in [0, 0.1) is 0 Å². The molecule has 2 N–H and O–H groups in total. The molecule has 1 heterocycles. The van der Waals surface area contributed by atoms with Gasteiger partial charge in [0.1, 0.15) is 0 Å². The number of hydrogen-bond acceptors (Lipinski definition) is 2. The SMILES string of the molecule is CCCCCCCCCCCc1sccc1C(N)=O. The molecule has 0 bridgehead atoms. The summed E-state index contributed by atoms with van der Waals surface area (Å²) in [5.74, 6) is -0.285. The maximum atomic E-state index is 11.2. The number of rotatable bonds is 11. The van der Waals surface area contributed by atoms with Gasteiger partial charge in [0.15, 0.2) is 0 Å². The molecule has 0 saturated heterocycles. The third-order valence-electron chi connectivity index (χ3n) is 3.52. The monoisotopic (exact) mass is 281 g/mol. The Morgan fingerprint density at radius 2 is 1.63 bits per heavy atom. The smallest absolute Gasteiger partial charge is 0.249 e. The summed E-state index contributed by atoms with van der Waals surface area (Å²) in [4.78, 5) is 12.3. The van der Waals surface area contributed by atoms with Crippen LogP contribution in [0.4, 0.5) is 0 Å². The van der Waals surface area contributed by atoms with Crippen LogP contribution in [-0.4, -0.2) is 5.91 Å². The van der Waals surface area contributed by atoms with Gasteiger partial charge in [-0.25, -0.2) is 0 Å². The van der Waals surface area contributed by atoms with Gasteiger partial charge in [0.25, 0.3) is 0 Å². The minimum absolute atomic E-state index is 0.285. The lowest BCUT2D eigenvalue weighted by molar-refractivity contribution is 0.1000. The van der Waals surface area contributed by atoms with Crippen molar-refractivity contribution in [2.45, 2.75) is 71.1 Å². The van der Waals surface area contributed by atoms with Gasteiger partial charge in [-0.15, -0.1) is 11.3 Å². The highest BCUT2D eigenvalue weighted by molar-refractivity contribution is 7.10. The van der Waals surface area contributed by atoms with E-state index in [0.717, 1.165) is 16.9 Å². The topological polar surface area (TPSA) is 43.1 Å². The molecule has 1 amide bonds. The molecule has 3 heteroatoms. The molecule has 2 nitrogen and oxygen atoms in total. The Bertz CT molecular complexity index is 359. The number of thiophene rings is 1. The van der Waals surface area contributed by atoms with Crippen molar-refractivity contribution >= 4 is 17.2 Å². The average Bonchev–Trinajstić information content (AvgIpc) is 2.85. The highest BCUT2D eigenvalue weighted by atomic mass is 32.1. The Hall–Kier alpha value is -0.830. The average molecular weight is 281 g/mol. The zero-order chi connectivity index (χ0) is 13.9. The Kier molecular flexibility index (Phi) is 8.55. The van der Waals surface area contributed by atoms with E-state index < -0.39 is 0 Å². The van der Waals surface area contributed by atoms with Crippen LogP contribution < -0.4 is 5.73 Å². The number of hydrogen-bond donors (Lipinski definition) is 1. The minimum atomic E-state index is -0.285. The Morgan fingerprint density at radius 3 is 2.21 bits per heavy atom. The zero-order valence-corrected chi connectivity index (χ0v) is 12.9. The van der Waals surface area contributed by atoms with Gasteiger partial charge in [0.2, 0.25) is 5.91 Å². The molecule has 0 radical (unpaired) electrons. The van der Waals surface area contributed by atoms with E-state index in [1.54, 1.807) is 11.3 Å². The van der Waals surface area contributed by atoms with E-state index in [2.05, 4.69) is 6.92 Å². The van der Waals surface area contributed by atoms with Gasteiger partial charge in [-0.2, -0.15) is 0 Å². The molecular formula is C16H27NOS. The van der Waals surface area contributed by atoms with Gasteiger partial charge in [-0.3, -0.25) is 4.79 Å². The van der Waals surface area contributed by atoms with Crippen molar-refractivity contribution < 1.29 is 4.79 Å². The lowest BCUT2D eigenvalue weighted by atomic mass is 10.1. The predicted molar refractivity (Wildman–Crippen MR) is 83.8 cm³/mol. The van der Waals surface area contributed by atoms with Crippen molar-refractivity contribution in [2.75, 3.05) is 0 Å². The Morgan fingerprint density at radius 1 is 1.05 bits per heavy atom. The summed E-state index contributed by atoms with van der Waals surface area (Å²) in [6, 6.07) is 1.84. The summed E-state index contributed by atoms with van der Waals surface area (Å²) in [5, 5.41) is 1.96. The molecular weight excluding hydrogens is 254 g/mol. The number of carbonyl (C=O) groups is 1. The molecule has 1 rings (SSSR count). The summed E-state index contributed by atoms with van der Waals surface area (Å²) >= 11 is 1.65. The summed E-state index contributed by atoms with van der Waals surface area (Å²) in [7, 11) is 0. The second-order valence-corrected chi connectivity index (χ2v) is 6.20. The van der Waals surface area contributed by atoms with Gasteiger partial charge >= 0.3 is 0 Å². The fraction of sp³-hybridized carbons (Fsp3) is 0.688. The number of unbranched alkanes of at least 4 members (excludes halogenated alkanes) is 8. The molecule has 0 aliphatic rings. The fourth-order valence-corrected chi connectivity index (χ4v) is 3.28. The molecule has 1 aromatic rings. The van der Waals surface area contributed by atoms with E-state index in [9.17, 15) is 4.79 Å². The molecule has 0 fully saturated rings. The molecule has 0 unspecified atom stereocenters. The molecule has 0 aliphatic carbocycles. The third-order valence-corrected chi connectivity index (χ3v) is 4.50. The van der Waals surface area contributed by atoms with Crippen LogP contribution in [0.3, 0.4) is 0 Å². The normalized spacial score (nSPS) is 10.8. The molecule has 0 aromatic carbocycles. The second-order valence-electron chi connectivity index (χ2n) is 5.20. The molecule has 0 spiro atoms.